The second kappa shape index (κ2) is 13.8. The molecule has 1 heterocycles. The number of carbonyl (C=O) groups is 1. The Morgan fingerprint density at radius 2 is 1.74 bits per heavy atom. The summed E-state index contributed by atoms with van der Waals surface area (Å²) < 4.78 is 28.7. The van der Waals surface area contributed by atoms with Crippen LogP contribution in [-0.4, -0.2) is 25.8 Å². The third kappa shape index (κ3) is 6.98. The number of methoxy groups -OCH3 is 1. The van der Waals surface area contributed by atoms with Crippen molar-refractivity contribution in [3.63, 3.8) is 0 Å². The molecule has 2 unspecified atom stereocenters. The molecule has 0 amide bonds. The lowest BCUT2D eigenvalue weighted by Crippen LogP contribution is -2.28. The first-order valence-corrected chi connectivity index (χ1v) is 14.3. The van der Waals surface area contributed by atoms with Crippen molar-refractivity contribution < 1.29 is 28.5 Å². The molecule has 0 saturated heterocycles. The molecule has 220 valence electrons. The molecule has 2 atom stereocenters. The number of nitrogens with zero attached hydrogens (tertiary/aromatic N) is 1. The highest BCUT2D eigenvalue weighted by Gasteiger charge is 2.32. The van der Waals surface area contributed by atoms with Gasteiger partial charge in [-0.15, -0.1) is 0 Å². The van der Waals surface area contributed by atoms with Crippen molar-refractivity contribution in [1.29, 1.82) is 5.26 Å². The average Bonchev–Trinajstić information content (AvgIpc) is 2.98. The summed E-state index contributed by atoms with van der Waals surface area (Å²) in [5, 5.41) is 9.96. The first-order chi connectivity index (χ1) is 20.2. The van der Waals surface area contributed by atoms with Crippen LogP contribution in [0.4, 0.5) is 0 Å². The number of nitriles is 1. The van der Waals surface area contributed by atoms with E-state index in [-0.39, 0.29) is 17.2 Å². The number of unbranched alkanes of at least 4 members (excludes halogenated alkanes) is 2. The summed E-state index contributed by atoms with van der Waals surface area (Å²) in [6, 6.07) is 20.4. The first-order valence-electron chi connectivity index (χ1n) is 14.3. The molecule has 4 rings (SSSR count). The Labute approximate surface area is 247 Å². The molecule has 3 aromatic rings. The molecule has 0 radical (unpaired) electrons. The van der Waals surface area contributed by atoms with Crippen molar-refractivity contribution >= 4 is 5.97 Å². The molecule has 2 N–H and O–H groups in total. The summed E-state index contributed by atoms with van der Waals surface area (Å²) >= 11 is 0. The minimum Gasteiger partial charge on any atom is -0.493 e. The maximum absolute atomic E-state index is 12.8. The van der Waals surface area contributed by atoms with Crippen molar-refractivity contribution in [3.05, 3.63) is 88.8 Å². The number of allylic oxidation sites excluding steroid dienone is 1. The zero-order valence-corrected chi connectivity index (χ0v) is 24.8. The maximum atomic E-state index is 12.8. The smallest absolute Gasteiger partial charge is 0.352 e. The highest BCUT2D eigenvalue weighted by Crippen LogP contribution is 2.45. The Morgan fingerprint density at radius 3 is 2.40 bits per heavy atom. The monoisotopic (exact) mass is 570 g/mol. The van der Waals surface area contributed by atoms with Crippen LogP contribution in [0.1, 0.15) is 75.5 Å². The van der Waals surface area contributed by atoms with E-state index in [1.165, 1.54) is 5.56 Å². The lowest BCUT2D eigenvalue weighted by molar-refractivity contribution is -0.141. The molecule has 0 bridgehead atoms. The largest absolute Gasteiger partial charge is 0.493 e. The molecule has 1 aliphatic heterocycles. The van der Waals surface area contributed by atoms with Crippen molar-refractivity contribution in [2.75, 3.05) is 13.7 Å². The predicted octanol–water partition coefficient (Wildman–Crippen LogP) is 6.98. The van der Waals surface area contributed by atoms with Crippen LogP contribution in [0.3, 0.4) is 0 Å². The highest BCUT2D eigenvalue weighted by molar-refractivity contribution is 5.77. The van der Waals surface area contributed by atoms with Crippen LogP contribution < -0.4 is 29.4 Å². The minimum absolute atomic E-state index is 0.0149. The first kappa shape index (κ1) is 30.3. The number of fused-ring (bicyclic) bond motifs is 1. The van der Waals surface area contributed by atoms with E-state index in [0.29, 0.717) is 41.1 Å². The minimum atomic E-state index is -0.843. The third-order valence-corrected chi connectivity index (χ3v) is 7.13. The second-order valence-corrected chi connectivity index (χ2v) is 10.5. The molecule has 8 heteroatoms. The highest BCUT2D eigenvalue weighted by atomic mass is 16.6. The fourth-order valence-electron chi connectivity index (χ4n) is 4.74. The molecule has 0 aliphatic carbocycles. The molecule has 0 aromatic heterocycles. The zero-order chi connectivity index (χ0) is 30.2. The molecule has 0 spiro atoms. The van der Waals surface area contributed by atoms with E-state index in [9.17, 15) is 10.1 Å². The second-order valence-electron chi connectivity index (χ2n) is 10.5. The van der Waals surface area contributed by atoms with Gasteiger partial charge in [0.25, 0.3) is 0 Å². The van der Waals surface area contributed by atoms with Gasteiger partial charge >= 0.3 is 5.97 Å². The van der Waals surface area contributed by atoms with Crippen LogP contribution in [0.5, 0.6) is 28.7 Å². The van der Waals surface area contributed by atoms with Gasteiger partial charge < -0.3 is 29.4 Å². The number of hydrogen-bond acceptors (Lipinski definition) is 8. The van der Waals surface area contributed by atoms with Crippen LogP contribution in [0.2, 0.25) is 0 Å². The fourth-order valence-corrected chi connectivity index (χ4v) is 4.74. The van der Waals surface area contributed by atoms with Gasteiger partial charge in [-0.25, -0.2) is 4.79 Å². The van der Waals surface area contributed by atoms with Gasteiger partial charge in [0.1, 0.15) is 28.9 Å². The molecule has 0 saturated carbocycles. The van der Waals surface area contributed by atoms with Crippen LogP contribution >= 0.6 is 0 Å². The van der Waals surface area contributed by atoms with E-state index in [4.69, 9.17) is 29.4 Å². The van der Waals surface area contributed by atoms with Gasteiger partial charge in [0.2, 0.25) is 5.88 Å². The quantitative estimate of drug-likeness (QED) is 0.141. The van der Waals surface area contributed by atoms with E-state index in [2.05, 4.69) is 26.8 Å². The normalized spacial score (nSPS) is 14.8. The summed E-state index contributed by atoms with van der Waals surface area (Å²) in [7, 11) is 1.58. The molecule has 3 aromatic carbocycles. The summed E-state index contributed by atoms with van der Waals surface area (Å²) in [5.41, 5.74) is 9.14. The number of rotatable bonds is 12. The van der Waals surface area contributed by atoms with E-state index < -0.39 is 18.0 Å². The Hall–Kier alpha value is -4.64. The zero-order valence-electron chi connectivity index (χ0n) is 24.8. The maximum Gasteiger partial charge on any atom is 0.352 e. The van der Waals surface area contributed by atoms with Crippen molar-refractivity contribution in [2.45, 2.75) is 64.9 Å². The van der Waals surface area contributed by atoms with Crippen molar-refractivity contribution in [2.24, 2.45) is 5.73 Å². The Bertz CT molecular complexity index is 1470. The topological polar surface area (TPSA) is 113 Å². The summed E-state index contributed by atoms with van der Waals surface area (Å²) in [6.45, 7) is 8.60. The van der Waals surface area contributed by atoms with Gasteiger partial charge in [-0.3, -0.25) is 0 Å². The number of benzene rings is 3. The average molecular weight is 571 g/mol. The van der Waals surface area contributed by atoms with Crippen LogP contribution in [-0.2, 0) is 4.79 Å². The van der Waals surface area contributed by atoms with Crippen LogP contribution in [0, 0.1) is 11.3 Å². The molecule has 8 nitrogen and oxygen atoms in total. The van der Waals surface area contributed by atoms with E-state index in [1.54, 1.807) is 32.2 Å². The van der Waals surface area contributed by atoms with Gasteiger partial charge in [0, 0.05) is 11.6 Å². The molecule has 42 heavy (non-hydrogen) atoms. The number of nitrogens with two attached hydrogens (primary N) is 1. The predicted molar refractivity (Wildman–Crippen MR) is 160 cm³/mol. The standard InChI is InChI=1S/C34H38N2O6/c1-6-7-8-17-39-29-16-11-24(18-31(29)38-5)32-27-15-14-26(19-30(27)42-33(36)28(32)20-35)41-34(37)22(4)40-25-12-9-23(10-13-25)21(2)3/h9-16,18-19,21-22,32H,6-8,17,36H2,1-5H3. The summed E-state index contributed by atoms with van der Waals surface area (Å²) in [4.78, 5) is 12.8. The van der Waals surface area contributed by atoms with Crippen molar-refractivity contribution in [1.82, 2.24) is 0 Å². The van der Waals surface area contributed by atoms with E-state index in [0.717, 1.165) is 24.8 Å². The van der Waals surface area contributed by atoms with Gasteiger partial charge in [-0.1, -0.05) is 57.9 Å². The van der Waals surface area contributed by atoms with Crippen LogP contribution in [0.25, 0.3) is 0 Å². The SMILES string of the molecule is CCCCCOc1ccc(C2C(C#N)=C(N)Oc3cc(OC(=O)C(C)Oc4ccc(C(C)C)cc4)ccc32)cc1OC. The lowest BCUT2D eigenvalue weighted by atomic mass is 9.83. The number of esters is 1. The number of hydrogen-bond donors (Lipinski definition) is 1. The third-order valence-electron chi connectivity index (χ3n) is 7.13. The Kier molecular flexibility index (Phi) is 9.98. The molecule has 1 aliphatic rings. The van der Waals surface area contributed by atoms with Gasteiger partial charge in [-0.2, -0.15) is 5.26 Å². The van der Waals surface area contributed by atoms with E-state index in [1.807, 2.05) is 42.5 Å². The Balaban J connectivity index is 1.53. The molecule has 0 fully saturated rings. The van der Waals surface area contributed by atoms with E-state index >= 15 is 0 Å². The molecular weight excluding hydrogens is 532 g/mol. The van der Waals surface area contributed by atoms with Gasteiger partial charge in [0.15, 0.2) is 17.6 Å². The molecular formula is C34H38N2O6. The fraction of sp³-hybridized carbons (Fsp3) is 0.353. The van der Waals surface area contributed by atoms with Gasteiger partial charge in [-0.05, 0) is 60.7 Å². The van der Waals surface area contributed by atoms with Crippen LogP contribution in [0.15, 0.2) is 72.1 Å². The summed E-state index contributed by atoms with van der Waals surface area (Å²) in [6.07, 6.45) is 2.30. The number of ether oxygens (including phenoxy) is 5. The van der Waals surface area contributed by atoms with Crippen molar-refractivity contribution in [3.8, 4) is 34.8 Å². The summed E-state index contributed by atoms with van der Waals surface area (Å²) in [5.74, 6) is 1.74. The number of carbonyl (C=O) groups excluding carboxylic acids is 1. The Morgan fingerprint density at radius 1 is 1.00 bits per heavy atom. The van der Waals surface area contributed by atoms with Gasteiger partial charge in [0.05, 0.1) is 19.6 Å². The lowest BCUT2D eigenvalue weighted by Gasteiger charge is -2.27.